The number of carbonyl (C=O) groups excluding carboxylic acids is 1. The number of hydrogen-bond acceptors (Lipinski definition) is 8. The minimum atomic E-state index is -4.36. The molecule has 0 radical (unpaired) electrons. The highest BCUT2D eigenvalue weighted by Gasteiger charge is 2.37. The molecule has 3 aromatic rings. The second kappa shape index (κ2) is 12.3. The number of para-hydroxylation sites is 1. The lowest BCUT2D eigenvalue weighted by atomic mass is 9.94. The molecule has 40 heavy (non-hydrogen) atoms. The molecule has 3 atom stereocenters. The number of ether oxygens (including phenoxy) is 1. The monoisotopic (exact) mass is 576 g/mol. The molecule has 0 fully saturated rings. The first-order valence-electron chi connectivity index (χ1n) is 12.6. The first-order valence-corrected chi connectivity index (χ1v) is 14.2. The van der Waals surface area contributed by atoms with Gasteiger partial charge in [0.25, 0.3) is 0 Å². The van der Waals surface area contributed by atoms with Crippen LogP contribution < -0.4 is 19.0 Å². The van der Waals surface area contributed by atoms with Crippen molar-refractivity contribution in [1.29, 1.82) is 0 Å². The third kappa shape index (κ3) is 7.76. The molecule has 3 rings (SSSR count). The standard InChI is InChI=1S/C28H35F2N4O5P/c1-17(23-21(29)15-12-16-22(23)30)24-18(2)25(32-27(31-24)34(7)8)39-40(36,38-20-13-10-9-11-14-20)33-19(3)26(35)37-28(4,5)6/h9-17,19H,1-8H3,(H,33,36)/t17?,19-,40?/m0/s1. The van der Waals surface area contributed by atoms with E-state index < -0.39 is 42.9 Å². The zero-order valence-corrected chi connectivity index (χ0v) is 24.8. The maximum atomic E-state index is 14.7. The van der Waals surface area contributed by atoms with Crippen LogP contribution in [0, 0.1) is 18.6 Å². The molecule has 0 saturated carbocycles. The molecule has 2 unspecified atom stereocenters. The van der Waals surface area contributed by atoms with Crippen LogP contribution in [0.25, 0.3) is 0 Å². The number of benzene rings is 2. The largest absolute Gasteiger partial charge is 0.514 e. The molecule has 9 nitrogen and oxygen atoms in total. The molecule has 2 aromatic carbocycles. The first-order chi connectivity index (χ1) is 18.6. The average molecular weight is 577 g/mol. The van der Waals surface area contributed by atoms with Crippen molar-refractivity contribution in [2.75, 3.05) is 19.0 Å². The number of rotatable bonds is 10. The zero-order chi connectivity index (χ0) is 29.8. The Balaban J connectivity index is 2.08. The Kier molecular flexibility index (Phi) is 9.53. The van der Waals surface area contributed by atoms with Crippen molar-refractivity contribution < 1.29 is 31.9 Å². The lowest BCUT2D eigenvalue weighted by Gasteiger charge is -2.27. The Hall–Kier alpha value is -3.56. The van der Waals surface area contributed by atoms with E-state index in [0.29, 0.717) is 0 Å². The van der Waals surface area contributed by atoms with E-state index in [0.717, 1.165) is 0 Å². The van der Waals surface area contributed by atoms with Crippen LogP contribution in [0.1, 0.15) is 57.4 Å². The van der Waals surface area contributed by atoms with E-state index in [-0.39, 0.29) is 34.4 Å². The summed E-state index contributed by atoms with van der Waals surface area (Å²) in [6.45, 7) is 9.78. The van der Waals surface area contributed by atoms with E-state index in [9.17, 15) is 18.1 Å². The Morgan fingerprint density at radius 2 is 1.57 bits per heavy atom. The van der Waals surface area contributed by atoms with Gasteiger partial charge in [0.05, 0.1) is 5.69 Å². The van der Waals surface area contributed by atoms with Crippen molar-refractivity contribution in [2.45, 2.75) is 59.1 Å². The van der Waals surface area contributed by atoms with Gasteiger partial charge in [-0.3, -0.25) is 4.79 Å². The van der Waals surface area contributed by atoms with Crippen LogP contribution in [0.15, 0.2) is 48.5 Å². The average Bonchev–Trinajstić information content (AvgIpc) is 2.84. The highest BCUT2D eigenvalue weighted by atomic mass is 31.2. The molecule has 0 spiro atoms. The van der Waals surface area contributed by atoms with E-state index in [1.807, 2.05) is 0 Å². The quantitative estimate of drug-likeness (QED) is 0.224. The van der Waals surface area contributed by atoms with Gasteiger partial charge in [0, 0.05) is 31.1 Å². The summed E-state index contributed by atoms with van der Waals surface area (Å²) in [7, 11) is -1.01. The molecule has 0 aliphatic carbocycles. The summed E-state index contributed by atoms with van der Waals surface area (Å²) in [6.07, 6.45) is 0. The number of halogens is 2. The van der Waals surface area contributed by atoms with Crippen molar-refractivity contribution in [2.24, 2.45) is 0 Å². The maximum absolute atomic E-state index is 14.7. The van der Waals surface area contributed by atoms with Gasteiger partial charge in [-0.25, -0.2) is 18.3 Å². The van der Waals surface area contributed by atoms with Crippen molar-refractivity contribution in [3.05, 3.63) is 77.0 Å². The Morgan fingerprint density at radius 1 is 0.975 bits per heavy atom. The predicted octanol–water partition coefficient (Wildman–Crippen LogP) is 6.17. The molecular weight excluding hydrogens is 541 g/mol. The number of anilines is 1. The minimum absolute atomic E-state index is 0.144. The summed E-state index contributed by atoms with van der Waals surface area (Å²) in [5, 5.41) is 2.63. The summed E-state index contributed by atoms with van der Waals surface area (Å²) in [4.78, 5) is 23.2. The molecule has 12 heteroatoms. The molecule has 0 amide bonds. The van der Waals surface area contributed by atoms with Crippen LogP contribution in [0.4, 0.5) is 14.7 Å². The van der Waals surface area contributed by atoms with Crippen LogP contribution >= 0.6 is 7.75 Å². The predicted molar refractivity (Wildman–Crippen MR) is 149 cm³/mol. The van der Waals surface area contributed by atoms with E-state index in [1.54, 1.807) is 83.9 Å². The van der Waals surface area contributed by atoms with Gasteiger partial charge in [0.15, 0.2) is 0 Å². The summed E-state index contributed by atoms with van der Waals surface area (Å²) in [5.74, 6) is -2.79. The zero-order valence-electron chi connectivity index (χ0n) is 23.9. The Labute approximate surface area is 233 Å². The van der Waals surface area contributed by atoms with Gasteiger partial charge >= 0.3 is 13.7 Å². The van der Waals surface area contributed by atoms with Crippen molar-refractivity contribution in [1.82, 2.24) is 15.1 Å². The molecule has 1 heterocycles. The third-order valence-corrected chi connectivity index (χ3v) is 7.23. The number of hydrogen-bond donors (Lipinski definition) is 1. The molecule has 0 bridgehead atoms. The van der Waals surface area contributed by atoms with Crippen LogP contribution in [-0.2, 0) is 14.1 Å². The first kappa shape index (κ1) is 31.0. The fourth-order valence-corrected chi connectivity index (χ4v) is 5.28. The van der Waals surface area contributed by atoms with Gasteiger partial charge in [-0.2, -0.15) is 10.1 Å². The molecule has 0 aliphatic rings. The van der Waals surface area contributed by atoms with Crippen LogP contribution in [0.3, 0.4) is 0 Å². The SMILES string of the molecule is Cc1c(OP(=O)(N[C@@H](C)C(=O)OC(C)(C)C)Oc2ccccc2)nc(N(C)C)nc1C(C)c1c(F)cccc1F. The van der Waals surface area contributed by atoms with Crippen molar-refractivity contribution in [3.8, 4) is 11.6 Å². The Bertz CT molecular complexity index is 1380. The number of nitrogens with one attached hydrogen (secondary N) is 1. The normalized spacial score (nSPS) is 14.6. The van der Waals surface area contributed by atoms with E-state index in [1.165, 1.54) is 25.1 Å². The van der Waals surface area contributed by atoms with Gasteiger partial charge in [-0.15, -0.1) is 0 Å². The third-order valence-electron chi connectivity index (χ3n) is 5.66. The molecule has 216 valence electrons. The van der Waals surface area contributed by atoms with Crippen molar-refractivity contribution >= 4 is 19.7 Å². The molecular formula is C28H35F2N4O5P. The van der Waals surface area contributed by atoms with E-state index in [2.05, 4.69) is 15.1 Å². The summed E-state index contributed by atoms with van der Waals surface area (Å²) in [5.41, 5.74) is -0.427. The van der Waals surface area contributed by atoms with E-state index in [4.69, 9.17) is 13.8 Å². The smallest absolute Gasteiger partial charge is 0.459 e. The maximum Gasteiger partial charge on any atom is 0.514 e. The number of nitrogens with zero attached hydrogens (tertiary/aromatic N) is 3. The number of carbonyl (C=O) groups is 1. The summed E-state index contributed by atoms with van der Waals surface area (Å²) >= 11 is 0. The Morgan fingerprint density at radius 3 is 2.12 bits per heavy atom. The van der Waals surface area contributed by atoms with Crippen LogP contribution in [0.2, 0.25) is 0 Å². The fourth-order valence-electron chi connectivity index (χ4n) is 3.76. The number of aromatic nitrogens is 2. The van der Waals surface area contributed by atoms with Gasteiger partial charge in [-0.1, -0.05) is 31.2 Å². The second-order valence-corrected chi connectivity index (χ2v) is 12.1. The molecule has 1 N–H and O–H groups in total. The highest BCUT2D eigenvalue weighted by molar-refractivity contribution is 7.52. The molecule has 0 aliphatic heterocycles. The second-order valence-electron chi connectivity index (χ2n) is 10.5. The summed E-state index contributed by atoms with van der Waals surface area (Å²) in [6, 6.07) is 10.8. The topological polar surface area (TPSA) is 103 Å². The highest BCUT2D eigenvalue weighted by Crippen LogP contribution is 2.47. The van der Waals surface area contributed by atoms with Gasteiger partial charge < -0.3 is 18.7 Å². The lowest BCUT2D eigenvalue weighted by Crippen LogP contribution is -2.39. The van der Waals surface area contributed by atoms with Crippen molar-refractivity contribution in [3.63, 3.8) is 0 Å². The molecule has 1 aromatic heterocycles. The fraction of sp³-hybridized carbons (Fsp3) is 0.393. The lowest BCUT2D eigenvalue weighted by molar-refractivity contribution is -0.156. The van der Waals surface area contributed by atoms with E-state index >= 15 is 0 Å². The van der Waals surface area contributed by atoms with Gasteiger partial charge in [0.2, 0.25) is 11.8 Å². The minimum Gasteiger partial charge on any atom is -0.459 e. The van der Waals surface area contributed by atoms with Gasteiger partial charge in [0.1, 0.15) is 29.0 Å². The van der Waals surface area contributed by atoms with Gasteiger partial charge in [-0.05, 0) is 58.9 Å². The van der Waals surface area contributed by atoms with Crippen LogP contribution in [-0.4, -0.2) is 41.7 Å². The molecule has 0 saturated heterocycles. The summed E-state index contributed by atoms with van der Waals surface area (Å²) < 4.78 is 60.6. The number of esters is 1. The van der Waals surface area contributed by atoms with Crippen LogP contribution in [0.5, 0.6) is 11.6 Å².